The molecule has 1 heterocycles. The van der Waals surface area contributed by atoms with Crippen LogP contribution in [0.3, 0.4) is 0 Å². The Morgan fingerprint density at radius 1 is 1.04 bits per heavy atom. The van der Waals surface area contributed by atoms with Crippen LogP contribution in [0.15, 0.2) is 45.3 Å². The summed E-state index contributed by atoms with van der Waals surface area (Å²) in [5.74, 6) is -0.235. The van der Waals surface area contributed by atoms with E-state index in [1.54, 1.807) is 30.3 Å². The SMILES string of the molecule is O=C(O)COc1cc(Br)c(Oc2ccc3nc(O)cc(O)c3c2)c(Br)c1. The molecule has 0 fully saturated rings. The summed E-state index contributed by atoms with van der Waals surface area (Å²) in [6.07, 6.45) is 0. The molecule has 0 aliphatic rings. The van der Waals surface area contributed by atoms with Gasteiger partial charge in [-0.05, 0) is 62.2 Å². The lowest BCUT2D eigenvalue weighted by molar-refractivity contribution is -0.139. The summed E-state index contributed by atoms with van der Waals surface area (Å²) in [6, 6.07) is 9.15. The van der Waals surface area contributed by atoms with Crippen molar-refractivity contribution in [1.82, 2.24) is 4.98 Å². The normalized spacial score (nSPS) is 10.7. The van der Waals surface area contributed by atoms with E-state index >= 15 is 0 Å². The Labute approximate surface area is 164 Å². The second-order valence-corrected chi connectivity index (χ2v) is 6.89. The average Bonchev–Trinajstić information content (AvgIpc) is 2.56. The van der Waals surface area contributed by atoms with Gasteiger partial charge in [0.2, 0.25) is 5.88 Å². The fourth-order valence-electron chi connectivity index (χ4n) is 2.22. The summed E-state index contributed by atoms with van der Waals surface area (Å²) in [4.78, 5) is 14.5. The first-order valence-electron chi connectivity index (χ1n) is 7.17. The molecule has 0 bridgehead atoms. The zero-order valence-electron chi connectivity index (χ0n) is 12.9. The monoisotopic (exact) mass is 483 g/mol. The molecule has 3 N–H and O–H groups in total. The van der Waals surface area contributed by atoms with Gasteiger partial charge in [-0.15, -0.1) is 0 Å². The molecule has 0 amide bonds. The third kappa shape index (κ3) is 4.00. The molecular formula is C17H11Br2NO6. The van der Waals surface area contributed by atoms with Gasteiger partial charge >= 0.3 is 5.97 Å². The van der Waals surface area contributed by atoms with E-state index in [-0.39, 0.29) is 11.6 Å². The van der Waals surface area contributed by atoms with Gasteiger partial charge in [0.15, 0.2) is 12.4 Å². The van der Waals surface area contributed by atoms with Crippen LogP contribution in [0.2, 0.25) is 0 Å². The van der Waals surface area contributed by atoms with Crippen LogP contribution >= 0.6 is 31.9 Å². The summed E-state index contributed by atoms with van der Waals surface area (Å²) in [5, 5.41) is 28.5. The highest BCUT2D eigenvalue weighted by Crippen LogP contribution is 2.41. The average molecular weight is 485 g/mol. The maximum atomic E-state index is 10.6. The molecule has 7 nitrogen and oxygen atoms in total. The van der Waals surface area contributed by atoms with E-state index in [2.05, 4.69) is 36.8 Å². The highest BCUT2D eigenvalue weighted by molar-refractivity contribution is 9.11. The highest BCUT2D eigenvalue weighted by Gasteiger charge is 2.13. The molecule has 0 saturated carbocycles. The molecule has 0 atom stereocenters. The van der Waals surface area contributed by atoms with Gasteiger partial charge in [0.1, 0.15) is 17.2 Å². The Hall–Kier alpha value is -2.52. The molecule has 9 heteroatoms. The van der Waals surface area contributed by atoms with Crippen LogP contribution in [0, 0.1) is 0 Å². The van der Waals surface area contributed by atoms with Crippen molar-refractivity contribution in [1.29, 1.82) is 0 Å². The number of pyridine rings is 1. The van der Waals surface area contributed by atoms with Gasteiger partial charge in [-0.2, -0.15) is 0 Å². The van der Waals surface area contributed by atoms with Crippen LogP contribution in [0.5, 0.6) is 28.9 Å². The van der Waals surface area contributed by atoms with Gasteiger partial charge in [-0.1, -0.05) is 0 Å². The molecule has 0 aliphatic heterocycles. The number of nitrogens with zero attached hydrogens (tertiary/aromatic N) is 1. The maximum absolute atomic E-state index is 10.6. The van der Waals surface area contributed by atoms with Crippen LogP contribution in [0.4, 0.5) is 0 Å². The Kier molecular flexibility index (Phi) is 5.19. The van der Waals surface area contributed by atoms with Gasteiger partial charge in [0.05, 0.1) is 14.5 Å². The van der Waals surface area contributed by atoms with E-state index in [1.165, 1.54) is 0 Å². The van der Waals surface area contributed by atoms with Crippen molar-refractivity contribution in [2.75, 3.05) is 6.61 Å². The van der Waals surface area contributed by atoms with Gasteiger partial charge in [0, 0.05) is 11.5 Å². The summed E-state index contributed by atoms with van der Waals surface area (Å²) < 4.78 is 12.1. The van der Waals surface area contributed by atoms with E-state index in [1.807, 2.05) is 0 Å². The Balaban J connectivity index is 1.91. The number of hydrogen-bond acceptors (Lipinski definition) is 6. The van der Waals surface area contributed by atoms with E-state index < -0.39 is 12.6 Å². The largest absolute Gasteiger partial charge is 0.507 e. The predicted molar refractivity (Wildman–Crippen MR) is 100 cm³/mol. The van der Waals surface area contributed by atoms with Crippen LogP contribution in [0.25, 0.3) is 10.9 Å². The molecule has 2 aromatic carbocycles. The number of fused-ring (bicyclic) bond motifs is 1. The lowest BCUT2D eigenvalue weighted by Crippen LogP contribution is -2.09. The third-order valence-electron chi connectivity index (χ3n) is 3.30. The zero-order valence-corrected chi connectivity index (χ0v) is 16.1. The number of aliphatic carboxylic acids is 1. The molecule has 0 saturated heterocycles. The number of benzene rings is 2. The van der Waals surface area contributed by atoms with Gasteiger partial charge in [-0.25, -0.2) is 9.78 Å². The van der Waals surface area contributed by atoms with Crippen molar-refractivity contribution in [3.8, 4) is 28.9 Å². The summed E-state index contributed by atoms with van der Waals surface area (Å²) in [5.41, 5.74) is 0.422. The molecule has 134 valence electrons. The number of halogens is 2. The van der Waals surface area contributed by atoms with E-state index in [4.69, 9.17) is 14.6 Å². The Bertz CT molecular complexity index is 985. The number of hydrogen-bond donors (Lipinski definition) is 3. The number of carbonyl (C=O) groups is 1. The fourth-order valence-corrected chi connectivity index (χ4v) is 3.52. The zero-order chi connectivity index (χ0) is 18.8. The second-order valence-electron chi connectivity index (χ2n) is 5.18. The standard InChI is InChI=1S/C17H11Br2NO6/c18-11-4-9(25-7-16(23)24)5-12(19)17(11)26-8-1-2-13-10(3-8)14(21)6-15(22)20-13/h1-6H,7H2,(H,23,24)(H2,20,21,22). The predicted octanol–water partition coefficient (Wildman–Crippen LogP) is 4.43. The van der Waals surface area contributed by atoms with Gasteiger partial charge < -0.3 is 24.8 Å². The fraction of sp³-hybridized carbons (Fsp3) is 0.0588. The van der Waals surface area contributed by atoms with Crippen molar-refractivity contribution in [2.45, 2.75) is 0 Å². The lowest BCUT2D eigenvalue weighted by atomic mass is 10.2. The van der Waals surface area contributed by atoms with E-state index in [9.17, 15) is 15.0 Å². The minimum Gasteiger partial charge on any atom is -0.507 e. The van der Waals surface area contributed by atoms with Gasteiger partial charge in [0.25, 0.3) is 0 Å². The molecule has 26 heavy (non-hydrogen) atoms. The van der Waals surface area contributed by atoms with Crippen LogP contribution in [-0.2, 0) is 4.79 Å². The number of carboxylic acid groups (broad SMARTS) is 1. The molecule has 3 aromatic rings. The molecule has 0 aliphatic carbocycles. The number of aromatic hydroxyl groups is 2. The van der Waals surface area contributed by atoms with Crippen molar-refractivity contribution in [3.05, 3.63) is 45.3 Å². The van der Waals surface area contributed by atoms with Crippen molar-refractivity contribution < 1.29 is 29.6 Å². The van der Waals surface area contributed by atoms with Crippen LogP contribution in [0.1, 0.15) is 0 Å². The van der Waals surface area contributed by atoms with Gasteiger partial charge in [-0.3, -0.25) is 0 Å². The molecular weight excluding hydrogens is 474 g/mol. The summed E-state index contributed by atoms with van der Waals surface area (Å²) in [7, 11) is 0. The molecule has 0 unspecified atom stereocenters. The van der Waals surface area contributed by atoms with Crippen molar-refractivity contribution >= 4 is 48.7 Å². The molecule has 3 rings (SSSR count). The number of rotatable bonds is 5. The second kappa shape index (κ2) is 7.38. The molecule has 0 spiro atoms. The summed E-state index contributed by atoms with van der Waals surface area (Å²) in [6.45, 7) is -0.455. The molecule has 0 radical (unpaired) electrons. The van der Waals surface area contributed by atoms with E-state index in [0.717, 1.165) is 6.07 Å². The van der Waals surface area contributed by atoms with Crippen molar-refractivity contribution in [2.24, 2.45) is 0 Å². The van der Waals surface area contributed by atoms with Crippen LogP contribution in [-0.4, -0.2) is 32.9 Å². The third-order valence-corrected chi connectivity index (χ3v) is 4.48. The quantitative estimate of drug-likeness (QED) is 0.491. The first kappa shape index (κ1) is 18.3. The number of aromatic nitrogens is 1. The lowest BCUT2D eigenvalue weighted by Gasteiger charge is -2.13. The topological polar surface area (TPSA) is 109 Å². The summed E-state index contributed by atoms with van der Waals surface area (Å²) >= 11 is 6.72. The maximum Gasteiger partial charge on any atom is 0.341 e. The highest BCUT2D eigenvalue weighted by atomic mass is 79.9. The Morgan fingerprint density at radius 2 is 1.73 bits per heavy atom. The number of carboxylic acids is 1. The van der Waals surface area contributed by atoms with Crippen LogP contribution < -0.4 is 9.47 Å². The van der Waals surface area contributed by atoms with Crippen molar-refractivity contribution in [3.63, 3.8) is 0 Å². The first-order valence-corrected chi connectivity index (χ1v) is 8.76. The van der Waals surface area contributed by atoms with E-state index in [0.29, 0.717) is 37.1 Å². The Morgan fingerprint density at radius 3 is 2.38 bits per heavy atom. The minimum absolute atomic E-state index is 0.117. The first-order chi connectivity index (χ1) is 12.3. The smallest absolute Gasteiger partial charge is 0.341 e. The molecule has 1 aromatic heterocycles. The minimum atomic E-state index is -1.08. The number of ether oxygens (including phenoxy) is 2.